The average Bonchev–Trinajstić information content (AvgIpc) is 3.20. The Balaban J connectivity index is 1.97. The molecular weight excluding hydrogens is 339 g/mol. The third kappa shape index (κ3) is 2.78. The van der Waals surface area contributed by atoms with E-state index in [-0.39, 0.29) is 24.1 Å². The second-order valence-electron chi connectivity index (χ2n) is 6.43. The number of nitrogens with zero attached hydrogens (tertiary/aromatic N) is 3. The topological polar surface area (TPSA) is 108 Å². The molecule has 0 spiro atoms. The number of amides is 1. The number of primary amides is 1. The number of carbonyl (C=O) groups excluding carboxylic acids is 1. The number of hydrazine groups is 1. The third-order valence-electron chi connectivity index (χ3n) is 5.05. The van der Waals surface area contributed by atoms with E-state index in [0.29, 0.717) is 41.4 Å². The van der Waals surface area contributed by atoms with Crippen LogP contribution in [0, 0.1) is 0 Å². The van der Waals surface area contributed by atoms with E-state index in [4.69, 9.17) is 11.5 Å². The molecule has 138 valence electrons. The van der Waals surface area contributed by atoms with Crippen molar-refractivity contribution < 1.29 is 23.2 Å². The number of carbonyl (C=O) groups is 1. The average molecular weight is 359 g/mol. The monoisotopic (exact) mass is 359 g/mol. The van der Waals surface area contributed by atoms with Gasteiger partial charge in [0.1, 0.15) is 5.70 Å². The van der Waals surface area contributed by atoms with Crippen LogP contribution in [0.1, 0.15) is 32.1 Å². The standard InChI is InChI=1S/C15H20F3N5O2/c1-21-10-6-7(5-9(10)12(19)14(20)24)22-13(15(16,17)18)8-3-2-4-11(8)23(22)25/h7,13,25H,2-6,19H2,1H3,(H2,20,24). The lowest BCUT2D eigenvalue weighted by Gasteiger charge is -2.37. The van der Waals surface area contributed by atoms with Gasteiger partial charge in [-0.3, -0.25) is 15.0 Å². The second kappa shape index (κ2) is 6.03. The van der Waals surface area contributed by atoms with Crippen LogP contribution in [0.5, 0.6) is 0 Å². The minimum atomic E-state index is -4.52. The Hall–Kier alpha value is -2.07. The summed E-state index contributed by atoms with van der Waals surface area (Å²) in [6, 6.07) is -2.58. The molecule has 3 rings (SSSR count). The highest BCUT2D eigenvalue weighted by Crippen LogP contribution is 2.48. The number of aliphatic imine (C=N–C) groups is 1. The Morgan fingerprint density at radius 2 is 1.96 bits per heavy atom. The molecule has 2 atom stereocenters. The highest BCUT2D eigenvalue weighted by atomic mass is 19.4. The van der Waals surface area contributed by atoms with E-state index in [2.05, 4.69) is 4.99 Å². The van der Waals surface area contributed by atoms with Crippen molar-refractivity contribution in [2.75, 3.05) is 7.05 Å². The molecule has 0 aromatic rings. The van der Waals surface area contributed by atoms with Crippen molar-refractivity contribution in [3.05, 3.63) is 22.5 Å². The first-order valence-corrected chi connectivity index (χ1v) is 7.97. The van der Waals surface area contributed by atoms with Gasteiger partial charge < -0.3 is 11.5 Å². The van der Waals surface area contributed by atoms with Gasteiger partial charge in [0.2, 0.25) is 0 Å². The minimum Gasteiger partial charge on any atom is -0.394 e. The van der Waals surface area contributed by atoms with Gasteiger partial charge in [0.25, 0.3) is 5.91 Å². The Morgan fingerprint density at radius 1 is 1.28 bits per heavy atom. The first-order chi connectivity index (χ1) is 11.7. The highest BCUT2D eigenvalue weighted by molar-refractivity contribution is 6.09. The Bertz CT molecular complexity index is 698. The molecule has 1 amide bonds. The summed E-state index contributed by atoms with van der Waals surface area (Å²) in [6.45, 7) is 0. The summed E-state index contributed by atoms with van der Waals surface area (Å²) in [6.07, 6.45) is -3.01. The van der Waals surface area contributed by atoms with Crippen molar-refractivity contribution in [2.24, 2.45) is 16.5 Å². The summed E-state index contributed by atoms with van der Waals surface area (Å²) in [7, 11) is 1.48. The van der Waals surface area contributed by atoms with Gasteiger partial charge in [-0.05, 0) is 31.3 Å². The molecule has 3 aliphatic rings. The number of nitrogens with two attached hydrogens (primary N) is 2. The number of hydroxylamine groups is 1. The van der Waals surface area contributed by atoms with E-state index in [0.717, 1.165) is 5.01 Å². The van der Waals surface area contributed by atoms with Crippen LogP contribution < -0.4 is 11.5 Å². The van der Waals surface area contributed by atoms with Crippen LogP contribution in [0.4, 0.5) is 13.2 Å². The van der Waals surface area contributed by atoms with Gasteiger partial charge in [0.15, 0.2) is 6.04 Å². The number of alkyl halides is 3. The minimum absolute atomic E-state index is 0.0612. The third-order valence-corrected chi connectivity index (χ3v) is 5.05. The van der Waals surface area contributed by atoms with Crippen LogP contribution in [-0.4, -0.2) is 52.3 Å². The van der Waals surface area contributed by atoms with Crippen molar-refractivity contribution in [3.8, 4) is 0 Å². The van der Waals surface area contributed by atoms with Crippen molar-refractivity contribution in [1.82, 2.24) is 10.2 Å². The SMILES string of the molecule is CN=C1CC(N2C(C(F)(F)F)C3=C(CCC3)N2O)CC1=C(N)C(N)=O. The molecule has 2 unspecified atom stereocenters. The van der Waals surface area contributed by atoms with Crippen LogP contribution >= 0.6 is 0 Å². The predicted octanol–water partition coefficient (Wildman–Crippen LogP) is 1.21. The molecule has 1 saturated carbocycles. The summed E-state index contributed by atoms with van der Waals surface area (Å²) in [5.74, 6) is -0.841. The summed E-state index contributed by atoms with van der Waals surface area (Å²) in [5, 5.41) is 12.0. The van der Waals surface area contributed by atoms with Gasteiger partial charge in [-0.2, -0.15) is 23.4 Å². The van der Waals surface area contributed by atoms with Gasteiger partial charge in [0.05, 0.1) is 5.70 Å². The zero-order valence-corrected chi connectivity index (χ0v) is 13.7. The van der Waals surface area contributed by atoms with Crippen LogP contribution in [-0.2, 0) is 4.79 Å². The van der Waals surface area contributed by atoms with E-state index in [1.54, 1.807) is 0 Å². The number of hydrogen-bond acceptors (Lipinski definition) is 6. The van der Waals surface area contributed by atoms with E-state index in [1.807, 2.05) is 0 Å². The van der Waals surface area contributed by atoms with Crippen LogP contribution in [0.15, 0.2) is 27.5 Å². The summed E-state index contributed by atoms with van der Waals surface area (Å²) in [4.78, 5) is 15.4. The molecule has 2 aliphatic carbocycles. The quantitative estimate of drug-likeness (QED) is 0.642. The van der Waals surface area contributed by atoms with Gasteiger partial charge >= 0.3 is 6.18 Å². The summed E-state index contributed by atoms with van der Waals surface area (Å²) >= 11 is 0. The van der Waals surface area contributed by atoms with Crippen LogP contribution in [0.3, 0.4) is 0 Å². The Morgan fingerprint density at radius 3 is 2.52 bits per heavy atom. The smallest absolute Gasteiger partial charge is 0.394 e. The van der Waals surface area contributed by atoms with Crippen molar-refractivity contribution in [3.63, 3.8) is 0 Å². The second-order valence-corrected chi connectivity index (χ2v) is 6.43. The largest absolute Gasteiger partial charge is 0.409 e. The molecule has 1 fully saturated rings. The van der Waals surface area contributed by atoms with E-state index in [1.165, 1.54) is 7.05 Å². The Labute approximate surface area is 142 Å². The molecule has 0 aromatic heterocycles. The zero-order chi connectivity index (χ0) is 18.5. The van der Waals surface area contributed by atoms with Gasteiger partial charge in [-0.15, -0.1) is 0 Å². The Kier molecular flexibility index (Phi) is 4.28. The van der Waals surface area contributed by atoms with Gasteiger partial charge in [0, 0.05) is 30.8 Å². The van der Waals surface area contributed by atoms with E-state index >= 15 is 0 Å². The molecule has 0 radical (unpaired) electrons. The van der Waals surface area contributed by atoms with Crippen LogP contribution in [0.2, 0.25) is 0 Å². The molecule has 1 aliphatic heterocycles. The first kappa shape index (κ1) is 17.7. The lowest BCUT2D eigenvalue weighted by Crippen LogP contribution is -2.53. The molecule has 25 heavy (non-hydrogen) atoms. The maximum atomic E-state index is 13.7. The fourth-order valence-corrected chi connectivity index (χ4v) is 3.99. The maximum Gasteiger partial charge on any atom is 0.409 e. The molecule has 1 heterocycles. The molecule has 5 N–H and O–H groups in total. The van der Waals surface area contributed by atoms with Gasteiger partial charge in [-0.25, -0.2) is 0 Å². The fraction of sp³-hybridized carbons (Fsp3) is 0.600. The first-order valence-electron chi connectivity index (χ1n) is 7.97. The molecule has 10 heteroatoms. The van der Waals surface area contributed by atoms with Crippen molar-refractivity contribution in [1.29, 1.82) is 0 Å². The van der Waals surface area contributed by atoms with Crippen LogP contribution in [0.25, 0.3) is 0 Å². The van der Waals surface area contributed by atoms with E-state index < -0.39 is 24.2 Å². The zero-order valence-electron chi connectivity index (χ0n) is 13.7. The lowest BCUT2D eigenvalue weighted by atomic mass is 10.0. The molecule has 0 bridgehead atoms. The summed E-state index contributed by atoms with van der Waals surface area (Å²) in [5.41, 5.74) is 12.0. The highest BCUT2D eigenvalue weighted by Gasteiger charge is 2.57. The number of allylic oxidation sites excluding steroid dienone is 1. The lowest BCUT2D eigenvalue weighted by molar-refractivity contribution is -0.280. The molecule has 0 saturated heterocycles. The molecule has 0 aromatic carbocycles. The molecule has 7 nitrogen and oxygen atoms in total. The van der Waals surface area contributed by atoms with Crippen molar-refractivity contribution in [2.45, 2.75) is 50.4 Å². The number of halogens is 3. The number of rotatable bonds is 2. The maximum absolute atomic E-state index is 13.7. The molecular formula is C15H20F3N5O2. The van der Waals surface area contributed by atoms with Crippen molar-refractivity contribution >= 4 is 11.6 Å². The fourth-order valence-electron chi connectivity index (χ4n) is 3.99. The normalized spacial score (nSPS) is 31.2. The number of hydrogen-bond donors (Lipinski definition) is 3. The van der Waals surface area contributed by atoms with Gasteiger partial charge in [-0.1, -0.05) is 0 Å². The summed E-state index contributed by atoms with van der Waals surface area (Å²) < 4.78 is 41.1. The predicted molar refractivity (Wildman–Crippen MR) is 83.0 cm³/mol. The van der Waals surface area contributed by atoms with E-state index in [9.17, 15) is 23.2 Å².